The van der Waals surface area contributed by atoms with E-state index in [9.17, 15) is 0 Å². The Hall–Kier alpha value is -0.583. The second kappa shape index (κ2) is 5.32. The first-order chi connectivity index (χ1) is 9.08. The van der Waals surface area contributed by atoms with Gasteiger partial charge in [0.05, 0.1) is 6.10 Å². The maximum atomic E-state index is 6.40. The Bertz CT molecular complexity index is 473. The first-order valence-electron chi connectivity index (χ1n) is 7.15. The number of hydrogen-bond acceptors (Lipinski definition) is 3. The molecule has 0 radical (unpaired) electrons. The molecule has 1 aliphatic heterocycles. The van der Waals surface area contributed by atoms with Gasteiger partial charge in [-0.05, 0) is 37.2 Å². The van der Waals surface area contributed by atoms with E-state index in [-0.39, 0.29) is 5.04 Å². The van der Waals surface area contributed by atoms with Crippen LogP contribution in [0.3, 0.4) is 0 Å². The minimum atomic E-state index is -1.66. The van der Waals surface area contributed by atoms with Gasteiger partial charge in [0, 0.05) is 24.5 Å². The summed E-state index contributed by atoms with van der Waals surface area (Å²) in [7, 11) is -1.66. The zero-order valence-corrected chi connectivity index (χ0v) is 15.1. The van der Waals surface area contributed by atoms with Crippen molar-refractivity contribution in [2.45, 2.75) is 51.9 Å². The van der Waals surface area contributed by atoms with Gasteiger partial charge in [0.1, 0.15) is 5.15 Å². The summed E-state index contributed by atoms with van der Waals surface area (Å²) >= 11 is 6.02. The predicted octanol–water partition coefficient (Wildman–Crippen LogP) is 4.25. The number of halogens is 1. The van der Waals surface area contributed by atoms with Crippen LogP contribution in [0, 0.1) is 6.92 Å². The van der Waals surface area contributed by atoms with E-state index in [4.69, 9.17) is 16.0 Å². The van der Waals surface area contributed by atoms with E-state index >= 15 is 0 Å². The van der Waals surface area contributed by atoms with Crippen LogP contribution in [0.2, 0.25) is 23.3 Å². The van der Waals surface area contributed by atoms with Gasteiger partial charge in [0.2, 0.25) is 0 Å². The number of pyridine rings is 1. The number of hydrogen-bond donors (Lipinski definition) is 0. The summed E-state index contributed by atoms with van der Waals surface area (Å²) in [6, 6.07) is 4.01. The lowest BCUT2D eigenvalue weighted by atomic mass is 10.1. The molecule has 0 unspecified atom stereocenters. The third kappa shape index (κ3) is 3.35. The molecule has 0 amide bonds. The normalized spacial score (nSPS) is 17.2. The fourth-order valence-corrected chi connectivity index (χ4v) is 3.69. The Morgan fingerprint density at radius 2 is 1.90 bits per heavy atom. The number of aryl methyl sites for hydroxylation is 1. The second-order valence-corrected chi connectivity index (χ2v) is 12.3. The summed E-state index contributed by atoms with van der Waals surface area (Å²) in [4.78, 5) is 6.50. The van der Waals surface area contributed by atoms with Crippen LogP contribution < -0.4 is 4.90 Å². The lowest BCUT2D eigenvalue weighted by Gasteiger charge is -2.47. The quantitative estimate of drug-likeness (QED) is 0.616. The molecular weight excluding hydrogens is 288 g/mol. The van der Waals surface area contributed by atoms with Gasteiger partial charge in [-0.3, -0.25) is 0 Å². The van der Waals surface area contributed by atoms with Gasteiger partial charge in [-0.2, -0.15) is 0 Å². The Morgan fingerprint density at radius 3 is 2.40 bits per heavy atom. The van der Waals surface area contributed by atoms with Crippen molar-refractivity contribution in [2.24, 2.45) is 0 Å². The molecular formula is C15H25ClN2OSi. The Labute approximate surface area is 128 Å². The van der Waals surface area contributed by atoms with Crippen molar-refractivity contribution in [3.63, 3.8) is 0 Å². The zero-order chi connectivity index (χ0) is 15.1. The van der Waals surface area contributed by atoms with E-state index < -0.39 is 8.32 Å². The van der Waals surface area contributed by atoms with E-state index in [1.54, 1.807) is 0 Å². The van der Waals surface area contributed by atoms with Crippen molar-refractivity contribution >= 4 is 25.6 Å². The van der Waals surface area contributed by atoms with Gasteiger partial charge in [-0.1, -0.05) is 32.4 Å². The van der Waals surface area contributed by atoms with Gasteiger partial charge in [0.15, 0.2) is 8.32 Å². The average molecular weight is 313 g/mol. The highest BCUT2D eigenvalue weighted by molar-refractivity contribution is 6.74. The topological polar surface area (TPSA) is 25.4 Å². The molecule has 1 aliphatic rings. The van der Waals surface area contributed by atoms with Crippen LogP contribution >= 0.6 is 11.6 Å². The SMILES string of the molecule is Cc1cc(N2CC(O[Si](C)(C)C(C)(C)C)C2)cc(Cl)n1. The van der Waals surface area contributed by atoms with Crippen LogP contribution in [0.5, 0.6) is 0 Å². The highest BCUT2D eigenvalue weighted by atomic mass is 35.5. The van der Waals surface area contributed by atoms with Gasteiger partial charge < -0.3 is 9.33 Å². The predicted molar refractivity (Wildman–Crippen MR) is 88.3 cm³/mol. The molecule has 2 heterocycles. The summed E-state index contributed by atoms with van der Waals surface area (Å²) < 4.78 is 6.40. The molecule has 112 valence electrons. The molecule has 20 heavy (non-hydrogen) atoms. The second-order valence-electron chi connectivity index (χ2n) is 7.19. The van der Waals surface area contributed by atoms with Crippen molar-refractivity contribution in [2.75, 3.05) is 18.0 Å². The Morgan fingerprint density at radius 1 is 1.30 bits per heavy atom. The minimum Gasteiger partial charge on any atom is -0.410 e. The third-order valence-electron chi connectivity index (χ3n) is 4.39. The molecule has 0 atom stereocenters. The molecule has 1 aromatic heterocycles. The molecule has 1 fully saturated rings. The lowest BCUT2D eigenvalue weighted by molar-refractivity contribution is 0.149. The van der Waals surface area contributed by atoms with Gasteiger partial charge in [-0.25, -0.2) is 4.98 Å². The highest BCUT2D eigenvalue weighted by Gasteiger charge is 2.42. The number of nitrogens with zero attached hydrogens (tertiary/aromatic N) is 2. The molecule has 3 nitrogen and oxygen atoms in total. The van der Waals surface area contributed by atoms with Crippen LogP contribution in [0.25, 0.3) is 0 Å². The fraction of sp³-hybridized carbons (Fsp3) is 0.667. The van der Waals surface area contributed by atoms with E-state index in [1.165, 1.54) is 0 Å². The van der Waals surface area contributed by atoms with Crippen LogP contribution in [0.1, 0.15) is 26.5 Å². The molecule has 1 saturated heterocycles. The molecule has 0 aliphatic carbocycles. The van der Waals surface area contributed by atoms with Crippen LogP contribution in [-0.2, 0) is 4.43 Å². The molecule has 0 spiro atoms. The summed E-state index contributed by atoms with van der Waals surface area (Å²) in [6.07, 6.45) is 0.350. The Kier molecular flexibility index (Phi) is 4.20. The monoisotopic (exact) mass is 312 g/mol. The number of aromatic nitrogens is 1. The Balaban J connectivity index is 1.95. The molecule has 0 saturated carbocycles. The van der Waals surface area contributed by atoms with Crippen LogP contribution in [-0.4, -0.2) is 32.5 Å². The van der Waals surface area contributed by atoms with E-state index in [1.807, 2.05) is 13.0 Å². The van der Waals surface area contributed by atoms with Crippen LogP contribution in [0.15, 0.2) is 12.1 Å². The molecule has 1 aromatic rings. The molecule has 0 N–H and O–H groups in total. The van der Waals surface area contributed by atoms with Gasteiger partial charge in [0.25, 0.3) is 0 Å². The summed E-state index contributed by atoms with van der Waals surface area (Å²) in [5.74, 6) is 0. The fourth-order valence-electron chi connectivity index (χ4n) is 2.11. The average Bonchev–Trinajstić information content (AvgIpc) is 2.19. The van der Waals surface area contributed by atoms with Crippen molar-refractivity contribution in [3.05, 3.63) is 23.0 Å². The lowest BCUT2D eigenvalue weighted by Crippen LogP contribution is -2.57. The van der Waals surface area contributed by atoms with Crippen molar-refractivity contribution in [1.82, 2.24) is 4.98 Å². The maximum Gasteiger partial charge on any atom is 0.192 e. The molecule has 5 heteroatoms. The summed E-state index contributed by atoms with van der Waals surface area (Å²) in [6.45, 7) is 15.3. The first-order valence-corrected chi connectivity index (χ1v) is 10.4. The van der Waals surface area contributed by atoms with E-state index in [0.29, 0.717) is 11.3 Å². The van der Waals surface area contributed by atoms with E-state index in [0.717, 1.165) is 24.5 Å². The smallest absolute Gasteiger partial charge is 0.192 e. The number of rotatable bonds is 3. The van der Waals surface area contributed by atoms with Gasteiger partial charge >= 0.3 is 0 Å². The summed E-state index contributed by atoms with van der Waals surface area (Å²) in [5.41, 5.74) is 2.11. The summed E-state index contributed by atoms with van der Waals surface area (Å²) in [5, 5.41) is 0.832. The zero-order valence-electron chi connectivity index (χ0n) is 13.3. The molecule has 0 aromatic carbocycles. The van der Waals surface area contributed by atoms with Crippen LogP contribution in [0.4, 0.5) is 5.69 Å². The molecule has 2 rings (SSSR count). The minimum absolute atomic E-state index is 0.268. The van der Waals surface area contributed by atoms with Crippen molar-refractivity contribution in [3.8, 4) is 0 Å². The standard InChI is InChI=1S/C15H25ClN2OSi/c1-11-7-12(8-14(16)17-11)18-9-13(10-18)19-20(5,6)15(2,3)4/h7-8,13H,9-10H2,1-6H3. The highest BCUT2D eigenvalue weighted by Crippen LogP contribution is 2.38. The first kappa shape index (κ1) is 15.8. The number of anilines is 1. The maximum absolute atomic E-state index is 6.40. The van der Waals surface area contributed by atoms with Crippen molar-refractivity contribution < 1.29 is 4.43 Å². The molecule has 0 bridgehead atoms. The largest absolute Gasteiger partial charge is 0.410 e. The third-order valence-corrected chi connectivity index (χ3v) is 9.12. The van der Waals surface area contributed by atoms with E-state index in [2.05, 4.69) is 49.8 Å². The van der Waals surface area contributed by atoms with Crippen molar-refractivity contribution in [1.29, 1.82) is 0 Å². The van der Waals surface area contributed by atoms with Gasteiger partial charge in [-0.15, -0.1) is 0 Å².